The monoisotopic (exact) mass is 438 g/mol. The summed E-state index contributed by atoms with van der Waals surface area (Å²) in [6, 6.07) is 4.78. The number of pyridine rings is 3. The fourth-order valence-electron chi connectivity index (χ4n) is 3.59. The number of carbonyl (C=O) groups excluding carboxylic acids is 1. The van der Waals surface area contributed by atoms with Crippen LogP contribution in [0.25, 0.3) is 22.0 Å². The van der Waals surface area contributed by atoms with E-state index in [1.54, 1.807) is 33.0 Å². The molecule has 3 aromatic rings. The quantitative estimate of drug-likeness (QED) is 0.597. The van der Waals surface area contributed by atoms with E-state index in [4.69, 9.17) is 7.85 Å². The van der Waals surface area contributed by atoms with Crippen LogP contribution in [0.1, 0.15) is 31.0 Å². The highest BCUT2D eigenvalue weighted by Gasteiger charge is 2.61. The molecule has 1 saturated carbocycles. The normalized spacial score (nSPS) is 18.9. The van der Waals surface area contributed by atoms with Crippen LogP contribution in [0, 0.1) is 12.8 Å². The van der Waals surface area contributed by atoms with Crippen molar-refractivity contribution in [3.05, 3.63) is 52.2 Å². The van der Waals surface area contributed by atoms with Crippen LogP contribution >= 0.6 is 0 Å². The fourth-order valence-corrected chi connectivity index (χ4v) is 3.59. The van der Waals surface area contributed by atoms with E-state index in [0.717, 1.165) is 0 Å². The van der Waals surface area contributed by atoms with Crippen molar-refractivity contribution in [2.45, 2.75) is 38.1 Å². The van der Waals surface area contributed by atoms with E-state index < -0.39 is 29.7 Å². The Morgan fingerprint density at radius 3 is 2.59 bits per heavy atom. The van der Waals surface area contributed by atoms with E-state index in [-0.39, 0.29) is 17.8 Å². The molecule has 3 heterocycles. The van der Waals surface area contributed by atoms with Gasteiger partial charge in [-0.05, 0) is 31.0 Å². The molecule has 0 bridgehead atoms. The molecule has 2 unspecified atom stereocenters. The van der Waals surface area contributed by atoms with E-state index in [1.807, 2.05) is 0 Å². The molecular weight excluding hydrogens is 417 g/mol. The van der Waals surface area contributed by atoms with E-state index >= 15 is 0 Å². The van der Waals surface area contributed by atoms with Gasteiger partial charge in [-0.3, -0.25) is 14.6 Å². The highest BCUT2D eigenvalue weighted by Crippen LogP contribution is 2.49. The van der Waals surface area contributed by atoms with Gasteiger partial charge in [-0.15, -0.1) is 0 Å². The number of aromatic nitrogens is 3. The molecule has 0 aliphatic heterocycles. The standard InChI is InChI=1S/C22H21BF2N4O3/c1-4-21(23,32)17-5-11(2)14(10-26-17)13-6-12-9-27-18(7-16(12)29(3)20(13)31)28-19(30)15-8-22(15,24)25/h5-7,9-10,15,32H,4,8H2,1-3H3,(H,27,28,30). The average molecular weight is 438 g/mol. The van der Waals surface area contributed by atoms with Crippen molar-refractivity contribution >= 4 is 30.5 Å². The first-order valence-electron chi connectivity index (χ1n) is 10.1. The van der Waals surface area contributed by atoms with Crippen LogP contribution in [0.15, 0.2) is 35.4 Å². The second-order valence-corrected chi connectivity index (χ2v) is 8.22. The van der Waals surface area contributed by atoms with Crippen molar-refractivity contribution in [1.29, 1.82) is 0 Å². The lowest BCUT2D eigenvalue weighted by Gasteiger charge is -2.22. The van der Waals surface area contributed by atoms with Crippen LogP contribution in [0.2, 0.25) is 0 Å². The summed E-state index contributed by atoms with van der Waals surface area (Å²) >= 11 is 0. The van der Waals surface area contributed by atoms with Gasteiger partial charge in [0.25, 0.3) is 11.5 Å². The van der Waals surface area contributed by atoms with Gasteiger partial charge in [-0.1, -0.05) is 6.92 Å². The second-order valence-electron chi connectivity index (χ2n) is 8.22. The van der Waals surface area contributed by atoms with Crippen molar-refractivity contribution in [3.8, 4) is 11.1 Å². The predicted molar refractivity (Wildman–Crippen MR) is 117 cm³/mol. The van der Waals surface area contributed by atoms with Gasteiger partial charge in [0.15, 0.2) is 0 Å². The molecule has 10 heteroatoms. The van der Waals surface area contributed by atoms with E-state index in [0.29, 0.717) is 33.3 Å². The highest BCUT2D eigenvalue weighted by atomic mass is 19.3. The highest BCUT2D eigenvalue weighted by molar-refractivity contribution is 6.14. The van der Waals surface area contributed by atoms with Crippen LogP contribution in [0.4, 0.5) is 14.6 Å². The number of carbonyl (C=O) groups is 1. The summed E-state index contributed by atoms with van der Waals surface area (Å²) in [6.07, 6.45) is 2.77. The molecule has 4 rings (SSSR count). The summed E-state index contributed by atoms with van der Waals surface area (Å²) in [6.45, 7) is 3.53. The van der Waals surface area contributed by atoms with Gasteiger partial charge in [0.1, 0.15) is 19.6 Å². The maximum absolute atomic E-state index is 13.1. The van der Waals surface area contributed by atoms with Crippen LogP contribution in [0.5, 0.6) is 0 Å². The molecule has 164 valence electrons. The zero-order valence-electron chi connectivity index (χ0n) is 17.8. The summed E-state index contributed by atoms with van der Waals surface area (Å²) in [5.41, 5.74) is 0.587. The number of rotatable bonds is 5. The third kappa shape index (κ3) is 3.79. The Balaban J connectivity index is 1.71. The SMILES string of the molecule is [B]C(O)(CC)c1cc(C)c(-c2cc3cnc(NC(=O)C4CC4(F)F)cc3n(C)c2=O)cn1. The Kier molecular flexibility index (Phi) is 5.16. The van der Waals surface area contributed by atoms with Crippen LogP contribution in [-0.2, 0) is 17.3 Å². The molecule has 1 aliphatic rings. The Hall–Kier alpha value is -3.14. The first-order valence-corrected chi connectivity index (χ1v) is 10.1. The molecule has 1 aliphatic carbocycles. The van der Waals surface area contributed by atoms with E-state index in [2.05, 4.69) is 15.3 Å². The van der Waals surface area contributed by atoms with Crippen molar-refractivity contribution in [2.24, 2.45) is 13.0 Å². The van der Waals surface area contributed by atoms with Gasteiger partial charge >= 0.3 is 0 Å². The number of alkyl halides is 2. The Labute approximate surface area is 183 Å². The zero-order chi connectivity index (χ0) is 23.4. The summed E-state index contributed by atoms with van der Waals surface area (Å²) in [4.78, 5) is 33.4. The summed E-state index contributed by atoms with van der Waals surface area (Å²) in [7, 11) is 7.43. The first kappa shape index (κ1) is 22.1. The Bertz CT molecular complexity index is 1310. The van der Waals surface area contributed by atoms with E-state index in [9.17, 15) is 23.5 Å². The van der Waals surface area contributed by atoms with Crippen molar-refractivity contribution in [1.82, 2.24) is 14.5 Å². The van der Waals surface area contributed by atoms with E-state index in [1.165, 1.54) is 23.0 Å². The molecule has 1 amide bonds. The minimum atomic E-state index is -2.97. The maximum Gasteiger partial charge on any atom is 0.260 e. The first-order chi connectivity index (χ1) is 14.9. The number of hydrogen-bond donors (Lipinski definition) is 2. The van der Waals surface area contributed by atoms with Crippen LogP contribution in [-0.4, -0.2) is 39.3 Å². The number of fused-ring (bicyclic) bond motifs is 1. The van der Waals surface area contributed by atoms with Gasteiger partial charge in [0, 0.05) is 48.4 Å². The Morgan fingerprint density at radius 2 is 2.00 bits per heavy atom. The molecule has 1 fully saturated rings. The van der Waals surface area contributed by atoms with Crippen molar-refractivity contribution in [2.75, 3.05) is 5.32 Å². The number of halogens is 2. The third-order valence-electron chi connectivity index (χ3n) is 5.89. The predicted octanol–water partition coefficient (Wildman–Crippen LogP) is 2.62. The number of aliphatic hydroxyl groups is 1. The van der Waals surface area contributed by atoms with Crippen molar-refractivity contribution < 1.29 is 18.7 Å². The lowest BCUT2D eigenvalue weighted by molar-refractivity contribution is -0.119. The second kappa shape index (κ2) is 7.48. The number of amides is 1. The molecule has 32 heavy (non-hydrogen) atoms. The van der Waals surface area contributed by atoms with Crippen LogP contribution < -0.4 is 10.9 Å². The Morgan fingerprint density at radius 1 is 1.31 bits per heavy atom. The maximum atomic E-state index is 13.1. The lowest BCUT2D eigenvalue weighted by Crippen LogP contribution is -2.26. The van der Waals surface area contributed by atoms with Gasteiger partial charge < -0.3 is 15.0 Å². The molecule has 2 atom stereocenters. The minimum Gasteiger partial charge on any atom is -0.394 e. The molecule has 0 spiro atoms. The number of nitrogens with zero attached hydrogens (tertiary/aromatic N) is 3. The topological polar surface area (TPSA) is 97.1 Å². The molecule has 0 saturated heterocycles. The molecule has 2 radical (unpaired) electrons. The summed E-state index contributed by atoms with van der Waals surface area (Å²) in [5, 5.41) is 13.2. The molecule has 0 aromatic carbocycles. The van der Waals surface area contributed by atoms with Gasteiger partial charge in [0.2, 0.25) is 5.91 Å². The molecule has 2 N–H and O–H groups in total. The number of hydrogen-bond acceptors (Lipinski definition) is 5. The average Bonchev–Trinajstić information content (AvgIpc) is 3.39. The molecule has 3 aromatic heterocycles. The van der Waals surface area contributed by atoms with Crippen molar-refractivity contribution in [3.63, 3.8) is 0 Å². The fraction of sp³-hybridized carbons (Fsp3) is 0.364. The number of aryl methyl sites for hydroxylation is 2. The molecule has 7 nitrogen and oxygen atoms in total. The number of anilines is 1. The third-order valence-corrected chi connectivity index (χ3v) is 5.89. The minimum absolute atomic E-state index is 0.0944. The van der Waals surface area contributed by atoms with Gasteiger partial charge in [-0.2, -0.15) is 0 Å². The largest absolute Gasteiger partial charge is 0.394 e. The number of nitrogens with one attached hydrogen (secondary N) is 1. The van der Waals surface area contributed by atoms with Crippen LogP contribution in [0.3, 0.4) is 0 Å². The zero-order valence-corrected chi connectivity index (χ0v) is 17.8. The summed E-state index contributed by atoms with van der Waals surface area (Å²) in [5.74, 6) is -5.02. The van der Waals surface area contributed by atoms with Gasteiger partial charge in [-0.25, -0.2) is 13.8 Å². The van der Waals surface area contributed by atoms with Gasteiger partial charge in [0.05, 0.1) is 16.7 Å². The summed E-state index contributed by atoms with van der Waals surface area (Å²) < 4.78 is 27.6. The smallest absolute Gasteiger partial charge is 0.260 e. The molecular formula is C22H21BF2N4O3. The lowest BCUT2D eigenvalue weighted by atomic mass is 9.76.